The minimum absolute atomic E-state index is 0.388. The Hall–Kier alpha value is -1.62. The smallest absolute Gasteiger partial charge is 0.387 e. The molecule has 0 aliphatic heterocycles. The van der Waals surface area contributed by atoms with Gasteiger partial charge in [0.15, 0.2) is 0 Å². The van der Waals surface area contributed by atoms with Crippen LogP contribution in [0, 0.1) is 11.3 Å². The van der Waals surface area contributed by atoms with Gasteiger partial charge in [-0.1, -0.05) is 11.6 Å². The van der Waals surface area contributed by atoms with Crippen molar-refractivity contribution in [2.75, 3.05) is 0 Å². The molecule has 0 amide bonds. The van der Waals surface area contributed by atoms with Crippen molar-refractivity contribution in [2.24, 2.45) is 0 Å². The summed E-state index contributed by atoms with van der Waals surface area (Å²) in [5.41, 5.74) is -1.35. The summed E-state index contributed by atoms with van der Waals surface area (Å²) in [4.78, 5) is 3.01. The van der Waals surface area contributed by atoms with Crippen molar-refractivity contribution in [3.63, 3.8) is 0 Å². The van der Waals surface area contributed by atoms with Gasteiger partial charge in [-0.2, -0.15) is 5.26 Å². The lowest BCUT2D eigenvalue weighted by atomic mass is 10.2. The SMILES string of the molecule is N#CCc1c(Cl)cc(C(F)F)nc1OC(F)(F)F. The lowest BCUT2D eigenvalue weighted by Crippen LogP contribution is -2.19. The Balaban J connectivity index is 3.29. The van der Waals surface area contributed by atoms with E-state index in [1.54, 1.807) is 6.07 Å². The maximum absolute atomic E-state index is 12.4. The molecule has 0 aliphatic carbocycles. The number of ether oxygens (including phenoxy) is 1. The Morgan fingerprint density at radius 3 is 2.50 bits per heavy atom. The van der Waals surface area contributed by atoms with Crippen LogP contribution in [-0.4, -0.2) is 11.3 Å². The predicted molar refractivity (Wildman–Crippen MR) is 50.2 cm³/mol. The number of nitriles is 1. The molecular formula is C9H4ClF5N2O. The molecule has 18 heavy (non-hydrogen) atoms. The molecule has 9 heteroatoms. The number of nitrogens with zero attached hydrogens (tertiary/aromatic N) is 2. The second-order valence-electron chi connectivity index (χ2n) is 3.00. The van der Waals surface area contributed by atoms with Crippen LogP contribution in [0.4, 0.5) is 22.0 Å². The van der Waals surface area contributed by atoms with Crippen LogP contribution < -0.4 is 4.74 Å². The van der Waals surface area contributed by atoms with Gasteiger partial charge in [0.05, 0.1) is 17.5 Å². The average molecular weight is 287 g/mol. The van der Waals surface area contributed by atoms with Crippen LogP contribution in [0.5, 0.6) is 5.88 Å². The molecule has 0 aliphatic rings. The summed E-state index contributed by atoms with van der Waals surface area (Å²) in [6.07, 6.45) is -8.75. The monoisotopic (exact) mass is 286 g/mol. The first-order valence-electron chi connectivity index (χ1n) is 4.34. The van der Waals surface area contributed by atoms with Gasteiger partial charge in [0.2, 0.25) is 5.88 Å². The molecule has 0 radical (unpaired) electrons. The molecule has 0 unspecified atom stereocenters. The number of alkyl halides is 5. The van der Waals surface area contributed by atoms with Crippen LogP contribution in [0.15, 0.2) is 6.07 Å². The quantitative estimate of drug-likeness (QED) is 0.797. The highest BCUT2D eigenvalue weighted by Crippen LogP contribution is 2.33. The van der Waals surface area contributed by atoms with Crippen molar-refractivity contribution >= 4 is 11.6 Å². The van der Waals surface area contributed by atoms with Gasteiger partial charge in [0.25, 0.3) is 6.43 Å². The average Bonchev–Trinajstić information content (AvgIpc) is 2.20. The first kappa shape index (κ1) is 14.4. The molecule has 0 saturated carbocycles. The summed E-state index contributed by atoms with van der Waals surface area (Å²) >= 11 is 5.51. The van der Waals surface area contributed by atoms with Crippen molar-refractivity contribution in [3.05, 3.63) is 22.3 Å². The zero-order valence-corrected chi connectivity index (χ0v) is 9.19. The van der Waals surface area contributed by atoms with E-state index in [2.05, 4.69) is 9.72 Å². The summed E-state index contributed by atoms with van der Waals surface area (Å²) in [6.45, 7) is 0. The zero-order chi connectivity index (χ0) is 13.9. The lowest BCUT2D eigenvalue weighted by molar-refractivity contribution is -0.276. The summed E-state index contributed by atoms with van der Waals surface area (Å²) in [7, 11) is 0. The molecule has 0 aromatic carbocycles. The zero-order valence-electron chi connectivity index (χ0n) is 8.43. The van der Waals surface area contributed by atoms with Crippen molar-refractivity contribution in [3.8, 4) is 11.9 Å². The van der Waals surface area contributed by atoms with Gasteiger partial charge in [0, 0.05) is 5.56 Å². The molecule has 0 saturated heterocycles. The standard InChI is InChI=1S/C9H4ClF5N2O/c10-5-3-6(7(11)12)17-8(4(5)1-2-16)18-9(13,14)15/h3,7H,1H2. The molecule has 3 nitrogen and oxygen atoms in total. The fourth-order valence-corrected chi connectivity index (χ4v) is 1.34. The topological polar surface area (TPSA) is 45.9 Å². The van der Waals surface area contributed by atoms with Gasteiger partial charge in [-0.3, -0.25) is 0 Å². The van der Waals surface area contributed by atoms with Crippen molar-refractivity contribution in [2.45, 2.75) is 19.2 Å². The third-order valence-electron chi connectivity index (χ3n) is 1.74. The van der Waals surface area contributed by atoms with Crippen LogP contribution >= 0.6 is 11.6 Å². The van der Waals surface area contributed by atoms with Gasteiger partial charge in [-0.25, -0.2) is 13.8 Å². The van der Waals surface area contributed by atoms with Gasteiger partial charge < -0.3 is 4.74 Å². The number of hydrogen-bond donors (Lipinski definition) is 0. The second-order valence-corrected chi connectivity index (χ2v) is 3.40. The molecule has 1 aromatic heterocycles. The van der Waals surface area contributed by atoms with Crippen molar-refractivity contribution < 1.29 is 26.7 Å². The van der Waals surface area contributed by atoms with E-state index < -0.39 is 35.8 Å². The van der Waals surface area contributed by atoms with E-state index in [1.165, 1.54) is 0 Å². The van der Waals surface area contributed by atoms with Crippen LogP contribution in [0.2, 0.25) is 5.02 Å². The largest absolute Gasteiger partial charge is 0.574 e. The van der Waals surface area contributed by atoms with E-state index in [9.17, 15) is 22.0 Å². The number of hydrogen-bond acceptors (Lipinski definition) is 3. The highest BCUT2D eigenvalue weighted by atomic mass is 35.5. The molecule has 0 fully saturated rings. The Morgan fingerprint density at radius 2 is 2.06 bits per heavy atom. The van der Waals surface area contributed by atoms with Crippen LogP contribution in [0.3, 0.4) is 0 Å². The van der Waals surface area contributed by atoms with E-state index >= 15 is 0 Å². The number of rotatable bonds is 3. The van der Waals surface area contributed by atoms with E-state index in [1.807, 2.05) is 0 Å². The molecule has 0 bridgehead atoms. The van der Waals surface area contributed by atoms with Crippen LogP contribution in [0.25, 0.3) is 0 Å². The summed E-state index contributed by atoms with van der Waals surface area (Å²) < 4.78 is 64.3. The summed E-state index contributed by atoms with van der Waals surface area (Å²) in [6, 6.07) is 2.24. The maximum Gasteiger partial charge on any atom is 0.574 e. The van der Waals surface area contributed by atoms with Gasteiger partial charge >= 0.3 is 6.36 Å². The Kier molecular flexibility index (Phi) is 4.29. The molecule has 1 heterocycles. The van der Waals surface area contributed by atoms with E-state index in [0.717, 1.165) is 0 Å². The summed E-state index contributed by atoms with van der Waals surface area (Å²) in [5.74, 6) is -1.13. The third-order valence-corrected chi connectivity index (χ3v) is 2.08. The minimum atomic E-state index is -5.11. The second kappa shape index (κ2) is 5.35. The van der Waals surface area contributed by atoms with Gasteiger partial charge in [0.1, 0.15) is 5.69 Å². The van der Waals surface area contributed by atoms with Crippen molar-refractivity contribution in [1.82, 2.24) is 4.98 Å². The highest BCUT2D eigenvalue weighted by Gasteiger charge is 2.34. The van der Waals surface area contributed by atoms with Gasteiger partial charge in [-0.05, 0) is 6.07 Å². The predicted octanol–water partition coefficient (Wildman–Crippen LogP) is 3.64. The molecule has 1 rings (SSSR count). The Bertz CT molecular complexity index is 483. The molecular weight excluding hydrogens is 283 g/mol. The molecule has 0 atom stereocenters. The molecule has 0 N–H and O–H groups in total. The number of aromatic nitrogens is 1. The summed E-state index contributed by atoms with van der Waals surface area (Å²) in [5, 5.41) is 7.99. The maximum atomic E-state index is 12.4. The highest BCUT2D eigenvalue weighted by molar-refractivity contribution is 6.31. The number of pyridine rings is 1. The molecule has 1 aromatic rings. The normalized spacial score (nSPS) is 11.4. The fourth-order valence-electron chi connectivity index (χ4n) is 1.08. The van der Waals surface area contributed by atoms with Crippen LogP contribution in [-0.2, 0) is 6.42 Å². The first-order chi connectivity index (χ1) is 8.24. The molecule has 98 valence electrons. The first-order valence-corrected chi connectivity index (χ1v) is 4.72. The van der Waals surface area contributed by atoms with E-state index in [4.69, 9.17) is 16.9 Å². The third kappa shape index (κ3) is 3.70. The minimum Gasteiger partial charge on any atom is -0.387 e. The van der Waals surface area contributed by atoms with Crippen molar-refractivity contribution in [1.29, 1.82) is 5.26 Å². The van der Waals surface area contributed by atoms with Crippen LogP contribution in [0.1, 0.15) is 17.7 Å². The lowest BCUT2D eigenvalue weighted by Gasteiger charge is -2.13. The molecule has 0 spiro atoms. The Labute approximate surface area is 103 Å². The van der Waals surface area contributed by atoms with E-state index in [-0.39, 0.29) is 5.56 Å². The Morgan fingerprint density at radius 1 is 1.44 bits per heavy atom. The number of halogens is 6. The van der Waals surface area contributed by atoms with Gasteiger partial charge in [-0.15, -0.1) is 13.2 Å². The fraction of sp³-hybridized carbons (Fsp3) is 0.333. The van der Waals surface area contributed by atoms with E-state index in [0.29, 0.717) is 6.07 Å².